The van der Waals surface area contributed by atoms with E-state index in [4.69, 9.17) is 14.0 Å². The van der Waals surface area contributed by atoms with E-state index in [2.05, 4.69) is 15.4 Å². The van der Waals surface area contributed by atoms with Gasteiger partial charge in [-0.25, -0.2) is 0 Å². The van der Waals surface area contributed by atoms with Crippen molar-refractivity contribution in [2.24, 2.45) is 0 Å². The van der Waals surface area contributed by atoms with E-state index in [0.29, 0.717) is 30.5 Å². The molecule has 3 heterocycles. The summed E-state index contributed by atoms with van der Waals surface area (Å²) in [6.45, 7) is 4.95. The molecule has 8 heteroatoms. The largest absolute Gasteiger partial charge is 0.480 e. The highest BCUT2D eigenvalue weighted by Crippen LogP contribution is 2.20. The van der Waals surface area contributed by atoms with Crippen LogP contribution >= 0.6 is 0 Å². The molecule has 1 unspecified atom stereocenters. The number of aryl methyl sites for hydroxylation is 2. The topological polar surface area (TPSA) is 90.6 Å². The predicted octanol–water partition coefficient (Wildman–Crippen LogP) is 1.70. The zero-order chi connectivity index (χ0) is 17.8. The molecule has 1 aliphatic rings. The van der Waals surface area contributed by atoms with E-state index in [9.17, 15) is 4.79 Å². The lowest BCUT2D eigenvalue weighted by Gasteiger charge is -2.32. The second kappa shape index (κ2) is 7.50. The number of carbonyl (C=O) groups excluding carboxylic acids is 1. The van der Waals surface area contributed by atoms with Gasteiger partial charge in [-0.3, -0.25) is 4.79 Å². The number of likely N-dealkylation sites (tertiary alicyclic amines) is 1. The molecule has 0 aliphatic carbocycles. The van der Waals surface area contributed by atoms with Gasteiger partial charge in [0.1, 0.15) is 11.9 Å². The van der Waals surface area contributed by atoms with E-state index in [1.165, 1.54) is 7.11 Å². The molecule has 1 amide bonds. The Hall–Kier alpha value is -2.64. The molecule has 0 N–H and O–H groups in total. The SMILES string of the molecule is COc1ccc(OC2CCCN(C(=O)Cc3c(C)noc3C)C2)nn1. The number of piperidine rings is 1. The summed E-state index contributed by atoms with van der Waals surface area (Å²) in [5, 5.41) is 11.8. The second-order valence-electron chi connectivity index (χ2n) is 6.12. The minimum absolute atomic E-state index is 0.0588. The molecule has 3 rings (SSSR count). The van der Waals surface area contributed by atoms with E-state index in [1.54, 1.807) is 12.1 Å². The van der Waals surface area contributed by atoms with Crippen LogP contribution in [0.4, 0.5) is 0 Å². The molecule has 0 bridgehead atoms. The summed E-state index contributed by atoms with van der Waals surface area (Å²) in [6.07, 6.45) is 1.98. The lowest BCUT2D eigenvalue weighted by molar-refractivity contribution is -0.133. The van der Waals surface area contributed by atoms with Gasteiger partial charge >= 0.3 is 0 Å². The van der Waals surface area contributed by atoms with Crippen LogP contribution in [-0.4, -0.2) is 52.5 Å². The van der Waals surface area contributed by atoms with Crippen molar-refractivity contribution in [1.29, 1.82) is 0 Å². The van der Waals surface area contributed by atoms with Crippen LogP contribution in [0.3, 0.4) is 0 Å². The van der Waals surface area contributed by atoms with Crippen LogP contribution in [0.2, 0.25) is 0 Å². The van der Waals surface area contributed by atoms with E-state index < -0.39 is 0 Å². The third-order valence-electron chi connectivity index (χ3n) is 4.35. The highest BCUT2D eigenvalue weighted by atomic mass is 16.5. The molecule has 1 aliphatic heterocycles. The molecule has 0 saturated carbocycles. The minimum atomic E-state index is -0.0925. The van der Waals surface area contributed by atoms with Crippen molar-refractivity contribution >= 4 is 5.91 Å². The van der Waals surface area contributed by atoms with Crippen LogP contribution in [-0.2, 0) is 11.2 Å². The first-order chi connectivity index (χ1) is 12.1. The van der Waals surface area contributed by atoms with Crippen LogP contribution in [0, 0.1) is 13.8 Å². The molecule has 0 spiro atoms. The van der Waals surface area contributed by atoms with Crippen LogP contribution in [0.15, 0.2) is 16.7 Å². The van der Waals surface area contributed by atoms with Gasteiger partial charge in [-0.1, -0.05) is 5.16 Å². The van der Waals surface area contributed by atoms with Crippen LogP contribution in [0.25, 0.3) is 0 Å². The molecule has 2 aromatic rings. The third kappa shape index (κ3) is 4.07. The smallest absolute Gasteiger partial charge is 0.233 e. The average molecular weight is 346 g/mol. The molecule has 1 fully saturated rings. The van der Waals surface area contributed by atoms with Gasteiger partial charge in [-0.05, 0) is 26.7 Å². The molecule has 0 radical (unpaired) electrons. The summed E-state index contributed by atoms with van der Waals surface area (Å²) in [7, 11) is 1.54. The third-order valence-corrected chi connectivity index (χ3v) is 4.35. The maximum absolute atomic E-state index is 12.6. The molecule has 134 valence electrons. The van der Waals surface area contributed by atoms with Crippen molar-refractivity contribution in [1.82, 2.24) is 20.3 Å². The first kappa shape index (κ1) is 17.2. The predicted molar refractivity (Wildman–Crippen MR) is 88.5 cm³/mol. The fourth-order valence-corrected chi connectivity index (χ4v) is 2.93. The highest BCUT2D eigenvalue weighted by molar-refractivity contribution is 5.79. The van der Waals surface area contributed by atoms with Crippen LogP contribution < -0.4 is 9.47 Å². The molecule has 25 heavy (non-hydrogen) atoms. The van der Waals surface area contributed by atoms with Crippen LogP contribution in [0.1, 0.15) is 29.9 Å². The lowest BCUT2D eigenvalue weighted by atomic mass is 10.1. The standard InChI is InChI=1S/C17H22N4O4/c1-11-14(12(2)25-20-11)9-17(22)21-8-4-5-13(10-21)24-16-7-6-15(23-3)18-19-16/h6-7,13H,4-5,8-10H2,1-3H3. The summed E-state index contributed by atoms with van der Waals surface area (Å²) < 4.78 is 16.0. The number of aromatic nitrogens is 3. The number of hydrogen-bond donors (Lipinski definition) is 0. The second-order valence-corrected chi connectivity index (χ2v) is 6.12. The number of ether oxygens (including phenoxy) is 2. The van der Waals surface area contributed by atoms with Crippen molar-refractivity contribution in [3.8, 4) is 11.8 Å². The highest BCUT2D eigenvalue weighted by Gasteiger charge is 2.26. The molecular formula is C17H22N4O4. The van der Waals surface area contributed by atoms with E-state index in [-0.39, 0.29) is 12.0 Å². The Balaban J connectivity index is 1.59. The zero-order valence-electron chi connectivity index (χ0n) is 14.7. The molecule has 1 saturated heterocycles. The molecule has 0 aromatic carbocycles. The van der Waals surface area contributed by atoms with Gasteiger partial charge in [0.05, 0.1) is 25.8 Å². The molecule has 1 atom stereocenters. The maximum atomic E-state index is 12.6. The van der Waals surface area contributed by atoms with Gasteiger partial charge in [0.2, 0.25) is 17.7 Å². The van der Waals surface area contributed by atoms with Gasteiger partial charge < -0.3 is 18.9 Å². The molecule has 2 aromatic heterocycles. The van der Waals surface area contributed by atoms with Crippen molar-refractivity contribution in [2.45, 2.75) is 39.2 Å². The average Bonchev–Trinajstić information content (AvgIpc) is 2.94. The summed E-state index contributed by atoms with van der Waals surface area (Å²) in [5.41, 5.74) is 1.64. The number of methoxy groups -OCH3 is 1. The monoisotopic (exact) mass is 346 g/mol. The normalized spacial score (nSPS) is 17.4. The Bertz CT molecular complexity index is 709. The summed E-state index contributed by atoms with van der Waals surface area (Å²) in [5.74, 6) is 1.63. The summed E-state index contributed by atoms with van der Waals surface area (Å²) in [4.78, 5) is 14.4. The number of carbonyl (C=O) groups is 1. The van der Waals surface area contributed by atoms with Crippen molar-refractivity contribution in [3.05, 3.63) is 29.2 Å². The fourth-order valence-electron chi connectivity index (χ4n) is 2.93. The van der Waals surface area contributed by atoms with E-state index >= 15 is 0 Å². The zero-order valence-corrected chi connectivity index (χ0v) is 14.7. The number of rotatable bonds is 5. The van der Waals surface area contributed by atoms with Crippen molar-refractivity contribution in [3.63, 3.8) is 0 Å². The Morgan fingerprint density at radius 1 is 1.32 bits per heavy atom. The Kier molecular flexibility index (Phi) is 5.16. The maximum Gasteiger partial charge on any atom is 0.233 e. The first-order valence-corrected chi connectivity index (χ1v) is 8.30. The Morgan fingerprint density at radius 2 is 2.08 bits per heavy atom. The Labute approximate surface area is 146 Å². The van der Waals surface area contributed by atoms with Gasteiger partial charge in [0.25, 0.3) is 0 Å². The minimum Gasteiger partial charge on any atom is -0.480 e. The van der Waals surface area contributed by atoms with Gasteiger partial charge in [0.15, 0.2) is 0 Å². The lowest BCUT2D eigenvalue weighted by Crippen LogP contribution is -2.45. The molecular weight excluding hydrogens is 324 g/mol. The van der Waals surface area contributed by atoms with Crippen LogP contribution in [0.5, 0.6) is 11.8 Å². The molecule has 8 nitrogen and oxygen atoms in total. The fraction of sp³-hybridized carbons (Fsp3) is 0.529. The van der Waals surface area contributed by atoms with Gasteiger partial charge in [-0.2, -0.15) is 0 Å². The number of nitrogens with zero attached hydrogens (tertiary/aromatic N) is 4. The van der Waals surface area contributed by atoms with Crippen molar-refractivity contribution in [2.75, 3.05) is 20.2 Å². The van der Waals surface area contributed by atoms with Crippen molar-refractivity contribution < 1.29 is 18.8 Å². The van der Waals surface area contributed by atoms with Gasteiger partial charge in [0, 0.05) is 24.2 Å². The summed E-state index contributed by atoms with van der Waals surface area (Å²) >= 11 is 0. The quantitative estimate of drug-likeness (QED) is 0.814. The Morgan fingerprint density at radius 3 is 2.72 bits per heavy atom. The van der Waals surface area contributed by atoms with E-state index in [1.807, 2.05) is 18.7 Å². The number of hydrogen-bond acceptors (Lipinski definition) is 7. The summed E-state index contributed by atoms with van der Waals surface area (Å²) in [6, 6.07) is 3.42. The van der Waals surface area contributed by atoms with Gasteiger partial charge in [-0.15, -0.1) is 10.2 Å². The first-order valence-electron chi connectivity index (χ1n) is 8.30. The van der Waals surface area contributed by atoms with E-state index in [0.717, 1.165) is 30.6 Å². The number of amides is 1.